The molecule has 0 aromatic heterocycles. The van der Waals surface area contributed by atoms with Crippen LogP contribution in [0, 0.1) is 0 Å². The molecule has 116 valence electrons. The highest BCUT2D eigenvalue weighted by Crippen LogP contribution is 2.33. The molecule has 1 N–H and O–H groups in total. The minimum atomic E-state index is -0.717. The van der Waals surface area contributed by atoms with E-state index in [0.29, 0.717) is 6.04 Å². The van der Waals surface area contributed by atoms with E-state index in [1.54, 1.807) is 0 Å². The van der Waals surface area contributed by atoms with Crippen LogP contribution in [0.5, 0.6) is 0 Å². The van der Waals surface area contributed by atoms with E-state index in [2.05, 4.69) is 43.0 Å². The van der Waals surface area contributed by atoms with Crippen LogP contribution >= 0.6 is 0 Å². The number of benzene rings is 1. The summed E-state index contributed by atoms with van der Waals surface area (Å²) in [6.07, 6.45) is 6.72. The molecular formula is C18H27NO2. The van der Waals surface area contributed by atoms with E-state index < -0.39 is 5.97 Å². The van der Waals surface area contributed by atoms with Crippen LogP contribution < -0.4 is 0 Å². The maximum atomic E-state index is 11.3. The standard InChI is InChI=1S/C18H27NO2/c1-3-14-9-11-15(12-10-14)17(4-2)19(13-18(20)21)16-7-5-6-8-16/h9-12,16-17H,3-8,13H2,1-2H3,(H,20,21). The monoisotopic (exact) mass is 289 g/mol. The quantitative estimate of drug-likeness (QED) is 0.824. The summed E-state index contributed by atoms with van der Waals surface area (Å²) < 4.78 is 0. The number of hydrogen-bond acceptors (Lipinski definition) is 2. The molecule has 0 bridgehead atoms. The Kier molecular flexibility index (Phi) is 5.80. The SMILES string of the molecule is CCc1ccc(C(CC)N(CC(=O)O)C2CCCC2)cc1. The van der Waals surface area contributed by atoms with Gasteiger partial charge in [0, 0.05) is 12.1 Å². The van der Waals surface area contributed by atoms with E-state index in [1.165, 1.54) is 24.0 Å². The highest BCUT2D eigenvalue weighted by molar-refractivity contribution is 5.69. The van der Waals surface area contributed by atoms with Crippen molar-refractivity contribution in [3.05, 3.63) is 35.4 Å². The van der Waals surface area contributed by atoms with Gasteiger partial charge >= 0.3 is 5.97 Å². The van der Waals surface area contributed by atoms with Gasteiger partial charge in [0.25, 0.3) is 0 Å². The summed E-state index contributed by atoms with van der Waals surface area (Å²) in [6, 6.07) is 9.34. The first-order chi connectivity index (χ1) is 10.2. The molecule has 3 heteroatoms. The van der Waals surface area contributed by atoms with Crippen LogP contribution in [0.2, 0.25) is 0 Å². The van der Waals surface area contributed by atoms with Gasteiger partial charge in [0.05, 0.1) is 6.54 Å². The Morgan fingerprint density at radius 1 is 1.24 bits per heavy atom. The molecule has 0 amide bonds. The van der Waals surface area contributed by atoms with Crippen molar-refractivity contribution >= 4 is 5.97 Å². The second kappa shape index (κ2) is 7.60. The number of aryl methyl sites for hydroxylation is 1. The van der Waals surface area contributed by atoms with E-state index >= 15 is 0 Å². The molecule has 0 aliphatic heterocycles. The molecule has 1 aliphatic carbocycles. The Balaban J connectivity index is 2.22. The van der Waals surface area contributed by atoms with Crippen LogP contribution in [-0.4, -0.2) is 28.6 Å². The molecular weight excluding hydrogens is 262 g/mol. The predicted molar refractivity (Wildman–Crippen MR) is 85.4 cm³/mol. The van der Waals surface area contributed by atoms with Crippen LogP contribution in [-0.2, 0) is 11.2 Å². The second-order valence-corrected chi connectivity index (χ2v) is 6.02. The van der Waals surface area contributed by atoms with Gasteiger partial charge in [-0.1, -0.05) is 51.0 Å². The van der Waals surface area contributed by atoms with Gasteiger partial charge in [0.15, 0.2) is 0 Å². The molecule has 1 fully saturated rings. The van der Waals surface area contributed by atoms with Gasteiger partial charge in [-0.05, 0) is 36.8 Å². The minimum absolute atomic E-state index is 0.151. The molecule has 1 aromatic rings. The number of rotatable bonds is 7. The van der Waals surface area contributed by atoms with Crippen molar-refractivity contribution in [2.24, 2.45) is 0 Å². The van der Waals surface area contributed by atoms with E-state index in [0.717, 1.165) is 25.7 Å². The lowest BCUT2D eigenvalue weighted by Crippen LogP contribution is -2.40. The third-order valence-electron chi connectivity index (χ3n) is 4.67. The fraction of sp³-hybridized carbons (Fsp3) is 0.611. The van der Waals surface area contributed by atoms with Crippen molar-refractivity contribution in [3.8, 4) is 0 Å². The summed E-state index contributed by atoms with van der Waals surface area (Å²) in [5.74, 6) is -0.717. The molecule has 3 nitrogen and oxygen atoms in total. The summed E-state index contributed by atoms with van der Waals surface area (Å²) in [6.45, 7) is 4.46. The molecule has 1 saturated carbocycles. The number of carboxylic acid groups (broad SMARTS) is 1. The first kappa shape index (κ1) is 16.0. The molecule has 21 heavy (non-hydrogen) atoms. The van der Waals surface area contributed by atoms with Crippen molar-refractivity contribution in [1.29, 1.82) is 0 Å². The minimum Gasteiger partial charge on any atom is -0.480 e. The van der Waals surface area contributed by atoms with Gasteiger partial charge in [-0.25, -0.2) is 0 Å². The Labute approximate surface area is 128 Å². The Morgan fingerprint density at radius 2 is 1.86 bits per heavy atom. The van der Waals surface area contributed by atoms with Gasteiger partial charge in [-0.2, -0.15) is 0 Å². The van der Waals surface area contributed by atoms with Crippen molar-refractivity contribution < 1.29 is 9.90 Å². The zero-order valence-corrected chi connectivity index (χ0v) is 13.2. The average molecular weight is 289 g/mol. The molecule has 0 radical (unpaired) electrons. The molecule has 1 aromatic carbocycles. The summed E-state index contributed by atoms with van der Waals surface area (Å²) in [5.41, 5.74) is 2.59. The number of hydrogen-bond donors (Lipinski definition) is 1. The average Bonchev–Trinajstić information content (AvgIpc) is 3.01. The maximum Gasteiger partial charge on any atom is 0.317 e. The topological polar surface area (TPSA) is 40.5 Å². The van der Waals surface area contributed by atoms with Crippen LogP contribution in [0.4, 0.5) is 0 Å². The van der Waals surface area contributed by atoms with E-state index in [-0.39, 0.29) is 12.6 Å². The highest BCUT2D eigenvalue weighted by Gasteiger charge is 2.30. The lowest BCUT2D eigenvalue weighted by atomic mass is 9.98. The van der Waals surface area contributed by atoms with E-state index in [1.807, 2.05) is 0 Å². The van der Waals surface area contributed by atoms with Crippen LogP contribution in [0.1, 0.15) is 63.1 Å². The fourth-order valence-electron chi connectivity index (χ4n) is 3.52. The lowest BCUT2D eigenvalue weighted by molar-refractivity contribution is -0.139. The molecule has 0 heterocycles. The molecule has 0 saturated heterocycles. The van der Waals surface area contributed by atoms with Gasteiger partial charge in [0.2, 0.25) is 0 Å². The van der Waals surface area contributed by atoms with Gasteiger partial charge in [0.1, 0.15) is 0 Å². The molecule has 1 aliphatic rings. The van der Waals surface area contributed by atoms with E-state index in [4.69, 9.17) is 0 Å². The van der Waals surface area contributed by atoms with Gasteiger partial charge in [-0.3, -0.25) is 9.69 Å². The van der Waals surface area contributed by atoms with Gasteiger partial charge in [-0.15, -0.1) is 0 Å². The zero-order valence-electron chi connectivity index (χ0n) is 13.2. The van der Waals surface area contributed by atoms with Crippen molar-refractivity contribution in [1.82, 2.24) is 4.90 Å². The molecule has 1 atom stereocenters. The predicted octanol–water partition coefficient (Wildman–Crippen LogP) is 4.03. The number of carbonyl (C=O) groups is 1. The van der Waals surface area contributed by atoms with Crippen molar-refractivity contribution in [2.75, 3.05) is 6.54 Å². The maximum absolute atomic E-state index is 11.3. The van der Waals surface area contributed by atoms with Gasteiger partial charge < -0.3 is 5.11 Å². The number of carboxylic acids is 1. The molecule has 2 rings (SSSR count). The zero-order chi connectivity index (χ0) is 15.2. The largest absolute Gasteiger partial charge is 0.480 e. The summed E-state index contributed by atoms with van der Waals surface area (Å²) in [7, 11) is 0. The third-order valence-corrected chi connectivity index (χ3v) is 4.67. The smallest absolute Gasteiger partial charge is 0.317 e. The Hall–Kier alpha value is -1.35. The molecule has 0 spiro atoms. The third kappa shape index (κ3) is 4.07. The molecule has 1 unspecified atom stereocenters. The lowest BCUT2D eigenvalue weighted by Gasteiger charge is -2.35. The second-order valence-electron chi connectivity index (χ2n) is 6.02. The van der Waals surface area contributed by atoms with Crippen LogP contribution in [0.15, 0.2) is 24.3 Å². The summed E-state index contributed by atoms with van der Waals surface area (Å²) in [5, 5.41) is 9.28. The number of aliphatic carboxylic acids is 1. The van der Waals surface area contributed by atoms with E-state index in [9.17, 15) is 9.90 Å². The number of nitrogens with zero attached hydrogens (tertiary/aromatic N) is 1. The van der Waals surface area contributed by atoms with Crippen molar-refractivity contribution in [2.45, 2.75) is 64.5 Å². The highest BCUT2D eigenvalue weighted by atomic mass is 16.4. The summed E-state index contributed by atoms with van der Waals surface area (Å²) >= 11 is 0. The summed E-state index contributed by atoms with van der Waals surface area (Å²) in [4.78, 5) is 13.5. The Morgan fingerprint density at radius 3 is 2.33 bits per heavy atom. The van der Waals surface area contributed by atoms with Crippen molar-refractivity contribution in [3.63, 3.8) is 0 Å². The fourth-order valence-corrected chi connectivity index (χ4v) is 3.52. The first-order valence-electron chi connectivity index (χ1n) is 8.22. The van der Waals surface area contributed by atoms with Crippen LogP contribution in [0.3, 0.4) is 0 Å². The van der Waals surface area contributed by atoms with Crippen LogP contribution in [0.25, 0.3) is 0 Å². The Bertz CT molecular complexity index is 449. The normalized spacial score (nSPS) is 17.3. The first-order valence-corrected chi connectivity index (χ1v) is 8.22.